The Balaban J connectivity index is 1.61. The topological polar surface area (TPSA) is 128 Å². The second kappa shape index (κ2) is 9.36. The maximum absolute atomic E-state index is 12.5. The number of pyridine rings is 2. The third-order valence-electron chi connectivity index (χ3n) is 3.78. The second-order valence-corrected chi connectivity index (χ2v) is 6.41. The van der Waals surface area contributed by atoms with Crippen molar-refractivity contribution >= 4 is 23.0 Å². The minimum absolute atomic E-state index is 0.152. The molecule has 3 heterocycles. The van der Waals surface area contributed by atoms with Gasteiger partial charge < -0.3 is 15.9 Å². The fourth-order valence-corrected chi connectivity index (χ4v) is 2.41. The summed E-state index contributed by atoms with van der Waals surface area (Å²) in [5, 5.41) is 6.98. The molecule has 0 saturated carbocycles. The van der Waals surface area contributed by atoms with Crippen molar-refractivity contribution < 1.29 is 9.63 Å². The lowest BCUT2D eigenvalue weighted by Gasteiger charge is -2.09. The molecule has 0 radical (unpaired) electrons. The van der Waals surface area contributed by atoms with Crippen molar-refractivity contribution in [2.75, 3.05) is 11.1 Å². The molecular formula is C20H21N7O2. The van der Waals surface area contributed by atoms with E-state index in [1.54, 1.807) is 38.4 Å². The monoisotopic (exact) mass is 391 g/mol. The van der Waals surface area contributed by atoms with Gasteiger partial charge in [0.15, 0.2) is 5.78 Å². The van der Waals surface area contributed by atoms with Crippen LogP contribution in [0.1, 0.15) is 35.6 Å². The number of nitrogens with one attached hydrogen (secondary N) is 1. The van der Waals surface area contributed by atoms with Gasteiger partial charge in [0.1, 0.15) is 11.5 Å². The van der Waals surface area contributed by atoms with Crippen LogP contribution in [0.25, 0.3) is 0 Å². The molecule has 29 heavy (non-hydrogen) atoms. The molecule has 0 fully saturated rings. The van der Waals surface area contributed by atoms with Crippen LogP contribution in [0.4, 0.5) is 11.5 Å². The van der Waals surface area contributed by atoms with Gasteiger partial charge in [0.25, 0.3) is 5.88 Å². The molecule has 0 saturated heterocycles. The third-order valence-corrected chi connectivity index (χ3v) is 3.78. The van der Waals surface area contributed by atoms with Crippen LogP contribution in [0.5, 0.6) is 5.88 Å². The average molecular weight is 391 g/mol. The highest BCUT2D eigenvalue weighted by Crippen LogP contribution is 2.15. The number of nitrogens with two attached hydrogens (primary N) is 1. The molecule has 148 valence electrons. The van der Waals surface area contributed by atoms with Gasteiger partial charge in [-0.15, -0.1) is 0 Å². The number of hydrogen-bond donors (Lipinski definition) is 2. The fraction of sp³-hybridized carbons (Fsp3) is 0.200. The summed E-state index contributed by atoms with van der Waals surface area (Å²) >= 11 is 0. The van der Waals surface area contributed by atoms with Gasteiger partial charge in [-0.2, -0.15) is 0 Å². The Kier molecular flexibility index (Phi) is 6.41. The number of oxime groups is 1. The van der Waals surface area contributed by atoms with Gasteiger partial charge in [-0.3, -0.25) is 9.78 Å². The van der Waals surface area contributed by atoms with E-state index in [-0.39, 0.29) is 23.8 Å². The summed E-state index contributed by atoms with van der Waals surface area (Å²) in [7, 11) is 0. The molecule has 0 aromatic carbocycles. The van der Waals surface area contributed by atoms with Crippen molar-refractivity contribution in [1.29, 1.82) is 0 Å². The zero-order chi connectivity index (χ0) is 20.6. The molecule has 9 heteroatoms. The predicted octanol–water partition coefficient (Wildman–Crippen LogP) is 2.66. The summed E-state index contributed by atoms with van der Waals surface area (Å²) in [5.74, 6) is 0.500. The maximum Gasteiger partial charge on any atom is 0.267 e. The molecule has 0 aliphatic carbocycles. The number of Topliss-reactive ketones (excluding diaryl/α,β-unsaturated/α-hetero) is 1. The Bertz CT molecular complexity index is 1020. The Morgan fingerprint density at radius 2 is 2.00 bits per heavy atom. The molecule has 0 bridgehead atoms. The van der Waals surface area contributed by atoms with E-state index in [2.05, 4.69) is 30.4 Å². The number of hydrogen-bond acceptors (Lipinski definition) is 9. The summed E-state index contributed by atoms with van der Waals surface area (Å²) in [5.41, 5.74) is 9.17. The Morgan fingerprint density at radius 1 is 1.14 bits per heavy atom. The van der Waals surface area contributed by atoms with Crippen LogP contribution < -0.4 is 15.9 Å². The van der Waals surface area contributed by atoms with E-state index in [0.29, 0.717) is 12.4 Å². The first-order valence-electron chi connectivity index (χ1n) is 8.93. The van der Waals surface area contributed by atoms with Gasteiger partial charge >= 0.3 is 0 Å². The van der Waals surface area contributed by atoms with Gasteiger partial charge in [0.2, 0.25) is 0 Å². The summed E-state index contributed by atoms with van der Waals surface area (Å²) in [6, 6.07) is 7.30. The SMILES string of the molecule is CC(C)=NOc1cnc(C(=O)Cc2ccnc(CNc3cccnc3N)c2)cn1. The standard InChI is InChI=1S/C20H21N7O2/c1-13(2)27-29-19-12-25-17(11-26-19)18(28)9-14-5-7-22-15(8-14)10-24-16-4-3-6-23-20(16)21/h3-8,11-12,24H,9-10H2,1-2H3,(H2,21,23). The van der Waals surface area contributed by atoms with E-state index in [1.165, 1.54) is 12.4 Å². The average Bonchev–Trinajstić information content (AvgIpc) is 2.72. The van der Waals surface area contributed by atoms with E-state index < -0.39 is 0 Å². The number of aromatic nitrogens is 4. The molecule has 0 unspecified atom stereocenters. The van der Waals surface area contributed by atoms with Crippen LogP contribution in [0.3, 0.4) is 0 Å². The van der Waals surface area contributed by atoms with Crippen molar-refractivity contribution in [1.82, 2.24) is 19.9 Å². The second-order valence-electron chi connectivity index (χ2n) is 6.41. The molecule has 3 aromatic rings. The van der Waals surface area contributed by atoms with Crippen LogP contribution in [-0.4, -0.2) is 31.4 Å². The molecule has 3 aromatic heterocycles. The highest BCUT2D eigenvalue weighted by atomic mass is 16.6. The lowest BCUT2D eigenvalue weighted by molar-refractivity contribution is 0.0987. The molecule has 3 N–H and O–H groups in total. The first kappa shape index (κ1) is 19.9. The molecule has 9 nitrogen and oxygen atoms in total. The summed E-state index contributed by atoms with van der Waals surface area (Å²) < 4.78 is 0. The molecular weight excluding hydrogens is 370 g/mol. The van der Waals surface area contributed by atoms with Crippen molar-refractivity contribution in [2.24, 2.45) is 5.16 Å². The normalized spacial score (nSPS) is 10.3. The Labute approximate surface area is 168 Å². The molecule has 3 rings (SSSR count). The highest BCUT2D eigenvalue weighted by molar-refractivity contribution is 5.95. The van der Waals surface area contributed by atoms with Gasteiger partial charge in [-0.25, -0.2) is 15.0 Å². The number of anilines is 2. The highest BCUT2D eigenvalue weighted by Gasteiger charge is 2.11. The fourth-order valence-electron chi connectivity index (χ4n) is 2.41. The summed E-state index contributed by atoms with van der Waals surface area (Å²) in [6.45, 7) is 4.06. The van der Waals surface area contributed by atoms with E-state index in [4.69, 9.17) is 10.6 Å². The van der Waals surface area contributed by atoms with E-state index in [0.717, 1.165) is 22.7 Å². The number of ketones is 1. The van der Waals surface area contributed by atoms with Gasteiger partial charge in [0.05, 0.1) is 36.0 Å². The minimum Gasteiger partial charge on any atom is -0.382 e. The number of rotatable bonds is 8. The number of carbonyl (C=O) groups is 1. The van der Waals surface area contributed by atoms with Gasteiger partial charge in [-0.1, -0.05) is 5.16 Å². The Morgan fingerprint density at radius 3 is 2.72 bits per heavy atom. The summed E-state index contributed by atoms with van der Waals surface area (Å²) in [6.07, 6.45) is 6.24. The minimum atomic E-state index is -0.152. The maximum atomic E-state index is 12.5. The van der Waals surface area contributed by atoms with Crippen LogP contribution in [0.15, 0.2) is 54.2 Å². The van der Waals surface area contributed by atoms with Crippen LogP contribution in [0.2, 0.25) is 0 Å². The quantitative estimate of drug-likeness (QED) is 0.341. The van der Waals surface area contributed by atoms with Gasteiger partial charge in [0, 0.05) is 18.8 Å². The first-order valence-corrected chi connectivity index (χ1v) is 8.93. The zero-order valence-electron chi connectivity index (χ0n) is 16.2. The number of nitrogens with zero attached hydrogens (tertiary/aromatic N) is 5. The molecule has 0 spiro atoms. The zero-order valence-corrected chi connectivity index (χ0v) is 16.2. The Hall–Kier alpha value is -3.88. The molecule has 0 atom stereocenters. The first-order chi connectivity index (χ1) is 14.0. The molecule has 0 aliphatic rings. The van der Waals surface area contributed by atoms with Crippen molar-refractivity contribution in [3.63, 3.8) is 0 Å². The predicted molar refractivity (Wildman–Crippen MR) is 110 cm³/mol. The van der Waals surface area contributed by atoms with Crippen molar-refractivity contribution in [3.8, 4) is 5.88 Å². The number of nitrogen functional groups attached to an aromatic ring is 1. The van der Waals surface area contributed by atoms with E-state index in [9.17, 15) is 4.79 Å². The third kappa shape index (κ3) is 5.80. The van der Waals surface area contributed by atoms with E-state index in [1.807, 2.05) is 12.1 Å². The van der Waals surface area contributed by atoms with E-state index >= 15 is 0 Å². The van der Waals surface area contributed by atoms with Crippen LogP contribution in [0, 0.1) is 0 Å². The van der Waals surface area contributed by atoms with Crippen molar-refractivity contribution in [2.45, 2.75) is 26.8 Å². The van der Waals surface area contributed by atoms with Crippen molar-refractivity contribution in [3.05, 3.63) is 66.0 Å². The largest absolute Gasteiger partial charge is 0.382 e. The lowest BCUT2D eigenvalue weighted by Crippen LogP contribution is -2.09. The molecule has 0 amide bonds. The smallest absolute Gasteiger partial charge is 0.267 e. The molecule has 0 aliphatic heterocycles. The number of carbonyl (C=O) groups excluding carboxylic acids is 1. The van der Waals surface area contributed by atoms with Crippen LogP contribution in [-0.2, 0) is 13.0 Å². The van der Waals surface area contributed by atoms with Gasteiger partial charge in [-0.05, 0) is 43.7 Å². The summed E-state index contributed by atoms with van der Waals surface area (Å²) in [4.78, 5) is 34.1. The van der Waals surface area contributed by atoms with Crippen LogP contribution >= 0.6 is 0 Å². The lowest BCUT2D eigenvalue weighted by atomic mass is 10.1.